The van der Waals surface area contributed by atoms with Gasteiger partial charge in [-0.2, -0.15) is 0 Å². The van der Waals surface area contributed by atoms with Crippen molar-refractivity contribution in [2.24, 2.45) is 0 Å². The van der Waals surface area contributed by atoms with Crippen molar-refractivity contribution in [2.45, 2.75) is 13.8 Å². The zero-order chi connectivity index (χ0) is 18.7. The van der Waals surface area contributed by atoms with Crippen LogP contribution in [0.2, 0.25) is 0 Å². The lowest BCUT2D eigenvalue weighted by Gasteiger charge is -2.12. The Bertz CT molecular complexity index is 929. The number of carbonyl (C=O) groups excluding carboxylic acids is 1. The van der Waals surface area contributed by atoms with Gasteiger partial charge in [0.05, 0.1) is 14.2 Å². The molecule has 0 aliphatic heterocycles. The van der Waals surface area contributed by atoms with E-state index in [0.29, 0.717) is 22.9 Å². The van der Waals surface area contributed by atoms with Gasteiger partial charge in [-0.25, -0.2) is 0 Å². The van der Waals surface area contributed by atoms with Gasteiger partial charge >= 0.3 is 0 Å². The van der Waals surface area contributed by atoms with Crippen LogP contribution in [0, 0.1) is 13.8 Å². The van der Waals surface area contributed by atoms with E-state index in [2.05, 4.69) is 10.5 Å². The first-order valence-corrected chi connectivity index (χ1v) is 8.09. The molecule has 0 radical (unpaired) electrons. The largest absolute Gasteiger partial charge is 0.493 e. The van der Waals surface area contributed by atoms with Gasteiger partial charge in [0, 0.05) is 23.4 Å². The smallest absolute Gasteiger partial charge is 0.294 e. The third-order valence-corrected chi connectivity index (χ3v) is 4.06. The molecule has 6 heteroatoms. The number of nitrogens with one attached hydrogen (secondary N) is 1. The Kier molecular flexibility index (Phi) is 4.93. The highest BCUT2D eigenvalue weighted by Gasteiger charge is 2.17. The lowest BCUT2D eigenvalue weighted by Crippen LogP contribution is -2.12. The number of aryl methyl sites for hydroxylation is 2. The van der Waals surface area contributed by atoms with Gasteiger partial charge in [0.2, 0.25) is 5.76 Å². The van der Waals surface area contributed by atoms with Gasteiger partial charge in [0.1, 0.15) is 5.69 Å². The molecule has 0 spiro atoms. The number of rotatable bonds is 5. The summed E-state index contributed by atoms with van der Waals surface area (Å²) < 4.78 is 15.7. The zero-order valence-corrected chi connectivity index (χ0v) is 15.1. The number of methoxy groups -OCH3 is 2. The molecule has 0 saturated heterocycles. The summed E-state index contributed by atoms with van der Waals surface area (Å²) in [5.74, 6) is 0.886. The fraction of sp³-hybridized carbons (Fsp3) is 0.200. The van der Waals surface area contributed by atoms with E-state index in [1.165, 1.54) is 0 Å². The zero-order valence-electron chi connectivity index (χ0n) is 15.1. The summed E-state index contributed by atoms with van der Waals surface area (Å²) in [5.41, 5.74) is 4.11. The van der Waals surface area contributed by atoms with E-state index in [4.69, 9.17) is 14.0 Å². The molecule has 2 aromatic carbocycles. The highest BCUT2D eigenvalue weighted by Crippen LogP contribution is 2.33. The van der Waals surface area contributed by atoms with Crippen LogP contribution in [0.4, 0.5) is 5.69 Å². The lowest BCUT2D eigenvalue weighted by molar-refractivity contribution is 0.0988. The van der Waals surface area contributed by atoms with Crippen molar-refractivity contribution in [3.05, 3.63) is 59.4 Å². The Morgan fingerprint density at radius 3 is 2.31 bits per heavy atom. The van der Waals surface area contributed by atoms with Gasteiger partial charge in [-0.15, -0.1) is 0 Å². The molecule has 0 saturated carbocycles. The Balaban J connectivity index is 1.82. The van der Waals surface area contributed by atoms with E-state index in [1.807, 2.05) is 38.1 Å². The molecule has 0 aliphatic carbocycles. The summed E-state index contributed by atoms with van der Waals surface area (Å²) in [7, 11) is 3.11. The summed E-state index contributed by atoms with van der Waals surface area (Å²) in [6.45, 7) is 3.88. The van der Waals surface area contributed by atoms with E-state index in [0.717, 1.165) is 16.7 Å². The Labute approximate surface area is 151 Å². The second-order valence-electron chi connectivity index (χ2n) is 5.92. The molecule has 0 fully saturated rings. The van der Waals surface area contributed by atoms with Crippen LogP contribution in [0.1, 0.15) is 21.7 Å². The van der Waals surface area contributed by atoms with Crippen LogP contribution in [0.25, 0.3) is 11.3 Å². The number of carbonyl (C=O) groups is 1. The molecule has 1 N–H and O–H groups in total. The van der Waals surface area contributed by atoms with Crippen LogP contribution >= 0.6 is 0 Å². The predicted molar refractivity (Wildman–Crippen MR) is 98.9 cm³/mol. The van der Waals surface area contributed by atoms with Gasteiger partial charge in [0.25, 0.3) is 5.91 Å². The van der Waals surface area contributed by atoms with Gasteiger partial charge in [0.15, 0.2) is 11.5 Å². The fourth-order valence-corrected chi connectivity index (χ4v) is 2.54. The summed E-state index contributed by atoms with van der Waals surface area (Å²) in [6, 6.07) is 13.0. The Hall–Kier alpha value is -3.28. The molecule has 26 heavy (non-hydrogen) atoms. The van der Waals surface area contributed by atoms with E-state index >= 15 is 0 Å². The normalized spacial score (nSPS) is 10.5. The van der Waals surface area contributed by atoms with Crippen LogP contribution in [0.5, 0.6) is 11.5 Å². The van der Waals surface area contributed by atoms with E-state index in [1.54, 1.807) is 32.4 Å². The topological polar surface area (TPSA) is 73.6 Å². The predicted octanol–water partition coefficient (Wildman–Crippen LogP) is 4.23. The van der Waals surface area contributed by atoms with Gasteiger partial charge < -0.3 is 19.3 Å². The minimum Gasteiger partial charge on any atom is -0.493 e. The molecule has 0 aliphatic rings. The summed E-state index contributed by atoms with van der Waals surface area (Å²) in [6.07, 6.45) is 0. The first kappa shape index (κ1) is 17.5. The minimum atomic E-state index is -0.383. The van der Waals surface area contributed by atoms with Crippen LogP contribution in [0.3, 0.4) is 0 Å². The second-order valence-corrected chi connectivity index (χ2v) is 5.92. The lowest BCUT2D eigenvalue weighted by atomic mass is 10.1. The average Bonchev–Trinajstić information content (AvgIpc) is 3.13. The number of aromatic nitrogens is 1. The standard InChI is InChI=1S/C20H20N2O4/c1-12-5-7-14(8-6-12)16-11-19(26-22-16)20(23)21-15-10-18(25-4)17(24-3)9-13(15)2/h5-11H,1-4H3,(H,21,23). The van der Waals surface area contributed by atoms with Crippen LogP contribution < -0.4 is 14.8 Å². The summed E-state index contributed by atoms with van der Waals surface area (Å²) >= 11 is 0. The van der Waals surface area contributed by atoms with Crippen LogP contribution in [-0.2, 0) is 0 Å². The van der Waals surface area contributed by atoms with Crippen molar-refractivity contribution in [2.75, 3.05) is 19.5 Å². The van der Waals surface area contributed by atoms with Crippen molar-refractivity contribution in [1.82, 2.24) is 5.16 Å². The molecule has 0 atom stereocenters. The number of hydrogen-bond donors (Lipinski definition) is 1. The van der Waals surface area contributed by atoms with Crippen molar-refractivity contribution in [1.29, 1.82) is 0 Å². The quantitative estimate of drug-likeness (QED) is 0.744. The third-order valence-electron chi connectivity index (χ3n) is 4.06. The molecule has 1 heterocycles. The third kappa shape index (κ3) is 3.54. The SMILES string of the molecule is COc1cc(C)c(NC(=O)c2cc(-c3ccc(C)cc3)no2)cc1OC. The first-order valence-electron chi connectivity index (χ1n) is 8.09. The molecule has 134 valence electrons. The number of ether oxygens (including phenoxy) is 2. The van der Waals surface area contributed by atoms with E-state index in [9.17, 15) is 4.79 Å². The monoisotopic (exact) mass is 352 g/mol. The molecule has 0 unspecified atom stereocenters. The van der Waals surface area contributed by atoms with Crippen molar-refractivity contribution in [3.8, 4) is 22.8 Å². The molecular weight excluding hydrogens is 332 g/mol. The fourth-order valence-electron chi connectivity index (χ4n) is 2.54. The van der Waals surface area contributed by atoms with Gasteiger partial charge in [-0.05, 0) is 25.5 Å². The molecule has 0 bridgehead atoms. The molecule has 3 aromatic rings. The first-order chi connectivity index (χ1) is 12.5. The summed E-state index contributed by atoms with van der Waals surface area (Å²) in [5, 5.41) is 6.80. The minimum absolute atomic E-state index is 0.134. The van der Waals surface area contributed by atoms with Crippen molar-refractivity contribution < 1.29 is 18.8 Å². The number of benzene rings is 2. The maximum absolute atomic E-state index is 12.5. The number of hydrogen-bond acceptors (Lipinski definition) is 5. The number of anilines is 1. The maximum atomic E-state index is 12.5. The van der Waals surface area contributed by atoms with Crippen LogP contribution in [-0.4, -0.2) is 25.3 Å². The highest BCUT2D eigenvalue weighted by molar-refractivity contribution is 6.03. The molecule has 6 nitrogen and oxygen atoms in total. The summed E-state index contributed by atoms with van der Waals surface area (Å²) in [4.78, 5) is 12.5. The van der Waals surface area contributed by atoms with Crippen molar-refractivity contribution in [3.63, 3.8) is 0 Å². The van der Waals surface area contributed by atoms with Gasteiger partial charge in [-0.1, -0.05) is 35.0 Å². The molecular formula is C20H20N2O4. The molecule has 1 aromatic heterocycles. The second kappa shape index (κ2) is 7.31. The average molecular weight is 352 g/mol. The van der Waals surface area contributed by atoms with Crippen LogP contribution in [0.15, 0.2) is 47.0 Å². The maximum Gasteiger partial charge on any atom is 0.294 e. The Morgan fingerprint density at radius 2 is 1.65 bits per heavy atom. The highest BCUT2D eigenvalue weighted by atomic mass is 16.5. The van der Waals surface area contributed by atoms with E-state index < -0.39 is 0 Å². The van der Waals surface area contributed by atoms with E-state index in [-0.39, 0.29) is 11.7 Å². The van der Waals surface area contributed by atoms with Crippen molar-refractivity contribution >= 4 is 11.6 Å². The number of nitrogens with zero attached hydrogens (tertiary/aromatic N) is 1. The molecule has 3 rings (SSSR count). The van der Waals surface area contributed by atoms with Gasteiger partial charge in [-0.3, -0.25) is 4.79 Å². The molecule has 1 amide bonds. The Morgan fingerprint density at radius 1 is 1.00 bits per heavy atom. The number of amides is 1.